The molecule has 1 aliphatic carbocycles. The average molecular weight is 506 g/mol. The Kier molecular flexibility index (Phi) is 6.44. The molecule has 1 saturated heterocycles. The maximum atomic E-state index is 13.5. The van der Waals surface area contributed by atoms with Gasteiger partial charge >= 0.3 is 0 Å². The number of amides is 1. The van der Waals surface area contributed by atoms with E-state index in [1.165, 1.54) is 0 Å². The molecule has 2 fully saturated rings. The largest absolute Gasteiger partial charge is 0.373 e. The van der Waals surface area contributed by atoms with Crippen molar-refractivity contribution in [1.29, 1.82) is 5.26 Å². The van der Waals surface area contributed by atoms with E-state index in [0.29, 0.717) is 17.0 Å². The van der Waals surface area contributed by atoms with E-state index in [2.05, 4.69) is 47.6 Å². The Morgan fingerprint density at radius 1 is 1.13 bits per heavy atom. The molecule has 38 heavy (non-hydrogen) atoms. The van der Waals surface area contributed by atoms with Crippen LogP contribution in [-0.4, -0.2) is 47.3 Å². The smallest absolute Gasteiger partial charge is 0.257 e. The summed E-state index contributed by atoms with van der Waals surface area (Å²) in [5.74, 6) is 0.219. The number of carbonyl (C=O) groups excluding carboxylic acids is 1. The third-order valence-corrected chi connectivity index (χ3v) is 7.46. The number of allylic oxidation sites excluding steroid dienone is 1. The highest BCUT2D eigenvalue weighted by molar-refractivity contribution is 6.04. The molecule has 0 bridgehead atoms. The van der Waals surface area contributed by atoms with Gasteiger partial charge in [0.1, 0.15) is 0 Å². The van der Waals surface area contributed by atoms with Crippen LogP contribution in [0.4, 0.5) is 0 Å². The number of nitrogens with zero attached hydrogens (tertiary/aromatic N) is 3. The maximum absolute atomic E-state index is 13.5. The lowest BCUT2D eigenvalue weighted by Crippen LogP contribution is -2.53. The van der Waals surface area contributed by atoms with Gasteiger partial charge in [-0.25, -0.2) is 0 Å². The van der Waals surface area contributed by atoms with Gasteiger partial charge < -0.3 is 15.4 Å². The van der Waals surface area contributed by atoms with E-state index in [0.717, 1.165) is 59.2 Å². The van der Waals surface area contributed by atoms with E-state index in [1.807, 2.05) is 48.7 Å². The van der Waals surface area contributed by atoms with Crippen LogP contribution in [0, 0.1) is 11.3 Å². The highest BCUT2D eigenvalue weighted by atomic mass is 16.5. The molecule has 0 radical (unpaired) electrons. The van der Waals surface area contributed by atoms with Crippen molar-refractivity contribution in [1.82, 2.24) is 20.5 Å². The van der Waals surface area contributed by atoms with Crippen LogP contribution in [0.5, 0.6) is 0 Å². The summed E-state index contributed by atoms with van der Waals surface area (Å²) in [6, 6.07) is 15.8. The summed E-state index contributed by atoms with van der Waals surface area (Å²) in [5.41, 5.74) is 5.94. The second-order valence-electron chi connectivity index (χ2n) is 10.5. The van der Waals surface area contributed by atoms with Gasteiger partial charge in [0.15, 0.2) is 0 Å². The van der Waals surface area contributed by atoms with Gasteiger partial charge in [-0.05, 0) is 68.0 Å². The van der Waals surface area contributed by atoms with Crippen LogP contribution in [-0.2, 0) is 4.74 Å². The third-order valence-electron chi connectivity index (χ3n) is 7.46. The number of morpholine rings is 1. The van der Waals surface area contributed by atoms with Gasteiger partial charge in [0.05, 0.1) is 46.8 Å². The van der Waals surface area contributed by atoms with Crippen LogP contribution in [0.2, 0.25) is 0 Å². The zero-order valence-electron chi connectivity index (χ0n) is 21.6. The molecule has 3 aromatic rings. The fourth-order valence-electron chi connectivity index (χ4n) is 5.62. The number of hydrogen-bond donors (Lipinski definition) is 2. The molecule has 3 atom stereocenters. The second kappa shape index (κ2) is 10.1. The normalized spacial score (nSPS) is 23.4. The molecule has 2 N–H and O–H groups in total. The first-order valence-electron chi connectivity index (χ1n) is 13.3. The van der Waals surface area contributed by atoms with Crippen molar-refractivity contribution in [3.8, 4) is 17.2 Å². The minimum atomic E-state index is -0.144. The Bertz CT molecular complexity index is 1470. The summed E-state index contributed by atoms with van der Waals surface area (Å²) in [7, 11) is 0. The van der Waals surface area contributed by atoms with Gasteiger partial charge in [0, 0.05) is 36.4 Å². The van der Waals surface area contributed by atoms with Crippen LogP contribution < -0.4 is 10.6 Å². The van der Waals surface area contributed by atoms with Gasteiger partial charge in [0.25, 0.3) is 5.91 Å². The number of aromatic nitrogens is 1. The van der Waals surface area contributed by atoms with E-state index >= 15 is 0 Å². The highest BCUT2D eigenvalue weighted by Crippen LogP contribution is 2.45. The number of dihydropyridines is 1. The molecule has 2 aliphatic heterocycles. The number of hydrogen-bond acceptors (Lipinski definition) is 6. The standard InChI is InChI=1S/C31H31N5O2/c1-19-17-36(18-20(2)38-19)28-13-12-24(15-33-28)35-31(37)27-16-34-30-25(22-8-6-21(14-32)7-9-22)4-3-5-26(30)29(27)23-10-11-23/h3-9,12-13,15-16,19-20,23,28,33H,10-11,17-18H2,1-2H3,(H,35,37). The lowest BCUT2D eigenvalue weighted by Gasteiger charge is -2.40. The monoisotopic (exact) mass is 505 g/mol. The number of fused-ring (bicyclic) bond motifs is 1. The van der Waals surface area contributed by atoms with Crippen LogP contribution in [0.3, 0.4) is 0 Å². The van der Waals surface area contributed by atoms with Crippen LogP contribution in [0.25, 0.3) is 22.0 Å². The van der Waals surface area contributed by atoms with Crippen LogP contribution in [0.15, 0.2) is 72.7 Å². The molecule has 7 heteroatoms. The Morgan fingerprint density at radius 3 is 2.55 bits per heavy atom. The number of pyridine rings is 1. The maximum Gasteiger partial charge on any atom is 0.257 e. The molecular formula is C31H31N5O2. The summed E-state index contributed by atoms with van der Waals surface area (Å²) >= 11 is 0. The molecule has 6 rings (SSSR count). The predicted octanol–water partition coefficient (Wildman–Crippen LogP) is 4.82. The number of ether oxygens (including phenoxy) is 1. The van der Waals surface area contributed by atoms with Crippen molar-refractivity contribution in [2.75, 3.05) is 13.1 Å². The van der Waals surface area contributed by atoms with E-state index in [4.69, 9.17) is 15.0 Å². The van der Waals surface area contributed by atoms with E-state index in [9.17, 15) is 4.79 Å². The quantitative estimate of drug-likeness (QED) is 0.517. The van der Waals surface area contributed by atoms with Gasteiger partial charge in [-0.15, -0.1) is 0 Å². The zero-order valence-corrected chi connectivity index (χ0v) is 21.6. The molecule has 1 aromatic heterocycles. The molecule has 7 nitrogen and oxygen atoms in total. The lowest BCUT2D eigenvalue weighted by molar-refractivity contribution is -0.0774. The first-order valence-corrected chi connectivity index (χ1v) is 13.3. The zero-order chi connectivity index (χ0) is 26.2. The molecule has 3 heterocycles. The average Bonchev–Trinajstić information content (AvgIpc) is 3.77. The SMILES string of the molecule is CC1CN(C2C=CC(NC(=O)c3cnc4c(-c5ccc(C#N)cc5)cccc4c3C3CC3)=CN2)CC(C)O1. The number of benzene rings is 2. The fraction of sp³-hybridized carbons (Fsp3) is 0.323. The highest BCUT2D eigenvalue weighted by Gasteiger charge is 2.31. The minimum absolute atomic E-state index is 0.0782. The molecule has 3 aliphatic rings. The number of nitriles is 1. The first-order chi connectivity index (χ1) is 18.5. The molecule has 1 saturated carbocycles. The number of rotatable bonds is 5. The summed E-state index contributed by atoms with van der Waals surface area (Å²) in [6.45, 7) is 5.91. The first kappa shape index (κ1) is 24.4. The van der Waals surface area contributed by atoms with Gasteiger partial charge in [-0.3, -0.25) is 14.7 Å². The lowest BCUT2D eigenvalue weighted by atomic mass is 9.94. The van der Waals surface area contributed by atoms with Crippen molar-refractivity contribution in [3.63, 3.8) is 0 Å². The molecule has 2 aromatic carbocycles. The Labute approximate surface area is 222 Å². The van der Waals surface area contributed by atoms with Crippen molar-refractivity contribution >= 4 is 16.8 Å². The fourth-order valence-corrected chi connectivity index (χ4v) is 5.62. The molecule has 3 unspecified atom stereocenters. The number of nitrogens with one attached hydrogen (secondary N) is 2. The summed E-state index contributed by atoms with van der Waals surface area (Å²) in [4.78, 5) is 20.6. The van der Waals surface area contributed by atoms with Gasteiger partial charge in [-0.1, -0.05) is 30.3 Å². The van der Waals surface area contributed by atoms with E-state index in [-0.39, 0.29) is 24.3 Å². The molecular weight excluding hydrogens is 474 g/mol. The Hall–Kier alpha value is -3.99. The number of carbonyl (C=O) groups is 1. The Balaban J connectivity index is 1.24. The van der Waals surface area contributed by atoms with Crippen molar-refractivity contribution in [2.45, 2.75) is 51.0 Å². The van der Waals surface area contributed by atoms with Crippen LogP contribution in [0.1, 0.15) is 54.1 Å². The van der Waals surface area contributed by atoms with Crippen molar-refractivity contribution in [3.05, 3.63) is 89.4 Å². The summed E-state index contributed by atoms with van der Waals surface area (Å²) < 4.78 is 5.85. The van der Waals surface area contributed by atoms with Gasteiger partial charge in [-0.2, -0.15) is 5.26 Å². The molecule has 1 amide bonds. The van der Waals surface area contributed by atoms with Crippen molar-refractivity contribution in [2.24, 2.45) is 0 Å². The molecule has 192 valence electrons. The molecule has 0 spiro atoms. The summed E-state index contributed by atoms with van der Waals surface area (Å²) in [6.07, 6.45) is 10.3. The predicted molar refractivity (Wildman–Crippen MR) is 147 cm³/mol. The summed E-state index contributed by atoms with van der Waals surface area (Å²) in [5, 5.41) is 16.7. The van der Waals surface area contributed by atoms with Crippen molar-refractivity contribution < 1.29 is 9.53 Å². The Morgan fingerprint density at radius 2 is 1.89 bits per heavy atom. The number of para-hydroxylation sites is 1. The van der Waals surface area contributed by atoms with Gasteiger partial charge in [0.2, 0.25) is 0 Å². The van der Waals surface area contributed by atoms with E-state index < -0.39 is 0 Å². The topological polar surface area (TPSA) is 90.3 Å². The third kappa shape index (κ3) is 4.81. The van der Waals surface area contributed by atoms with E-state index in [1.54, 1.807) is 6.20 Å². The second-order valence-corrected chi connectivity index (χ2v) is 10.5. The van der Waals surface area contributed by atoms with Crippen LogP contribution >= 0.6 is 0 Å². The minimum Gasteiger partial charge on any atom is -0.373 e.